The van der Waals surface area contributed by atoms with Gasteiger partial charge in [-0.2, -0.15) is 0 Å². The molecule has 0 bridgehead atoms. The zero-order valence-corrected chi connectivity index (χ0v) is 13.4. The van der Waals surface area contributed by atoms with Gasteiger partial charge >= 0.3 is 0 Å². The molecule has 0 aliphatic carbocycles. The lowest BCUT2D eigenvalue weighted by Crippen LogP contribution is -1.80. The van der Waals surface area contributed by atoms with Crippen LogP contribution in [0.4, 0.5) is 0 Å². The maximum atomic E-state index is 3.18. The molecule has 0 heteroatoms. The van der Waals surface area contributed by atoms with E-state index < -0.39 is 0 Å². The van der Waals surface area contributed by atoms with Crippen molar-refractivity contribution in [3.05, 3.63) is 120 Å². The van der Waals surface area contributed by atoms with Crippen LogP contribution in [0.3, 0.4) is 0 Å². The van der Waals surface area contributed by atoms with E-state index in [4.69, 9.17) is 0 Å². The minimum absolute atomic E-state index is 1.02. The molecule has 0 N–H and O–H groups in total. The minimum atomic E-state index is 1.02. The molecule has 24 heavy (non-hydrogen) atoms. The topological polar surface area (TPSA) is 0 Å². The maximum absolute atomic E-state index is 3.18. The average Bonchev–Trinajstić information content (AvgIpc) is 2.67. The minimum Gasteiger partial charge on any atom is -0.0690 e. The van der Waals surface area contributed by atoms with E-state index >= 15 is 0 Å². The highest BCUT2D eigenvalue weighted by atomic mass is 14.0. The number of allylic oxidation sites excluding steroid dienone is 3. The first-order chi connectivity index (χ1) is 11.9. The van der Waals surface area contributed by atoms with Crippen LogP contribution in [0.15, 0.2) is 103 Å². The van der Waals surface area contributed by atoms with Gasteiger partial charge < -0.3 is 0 Å². The van der Waals surface area contributed by atoms with E-state index in [1.807, 2.05) is 72.8 Å². The van der Waals surface area contributed by atoms with Crippen molar-refractivity contribution in [2.24, 2.45) is 0 Å². The van der Waals surface area contributed by atoms with Gasteiger partial charge in [0.15, 0.2) is 0 Å². The Labute approximate surface area is 143 Å². The molecule has 3 rings (SSSR count). The van der Waals surface area contributed by atoms with Crippen molar-refractivity contribution in [1.29, 1.82) is 0 Å². The van der Waals surface area contributed by atoms with Crippen LogP contribution in [0.25, 0.3) is 11.6 Å². The van der Waals surface area contributed by atoms with Gasteiger partial charge in [-0.25, -0.2) is 0 Å². The van der Waals surface area contributed by atoms with E-state index in [0.717, 1.165) is 16.7 Å². The molecule has 0 aliphatic heterocycles. The van der Waals surface area contributed by atoms with Crippen LogP contribution in [0.5, 0.6) is 0 Å². The molecule has 114 valence electrons. The van der Waals surface area contributed by atoms with Gasteiger partial charge in [-0.3, -0.25) is 0 Å². The highest BCUT2D eigenvalue weighted by Crippen LogP contribution is 2.17. The predicted octanol–water partition coefficient (Wildman–Crippen LogP) is 5.84. The third-order valence-electron chi connectivity index (χ3n) is 3.58. The average molecular weight is 306 g/mol. The summed E-state index contributed by atoms with van der Waals surface area (Å²) in [4.78, 5) is 0. The molecule has 0 saturated carbocycles. The summed E-state index contributed by atoms with van der Waals surface area (Å²) in [5.41, 5.74) is 4.46. The normalized spacial score (nSPS) is 11.1. The zero-order valence-electron chi connectivity index (χ0n) is 13.4. The summed E-state index contributed by atoms with van der Waals surface area (Å²) < 4.78 is 0. The number of benzene rings is 3. The van der Waals surface area contributed by atoms with Crippen LogP contribution < -0.4 is 0 Å². The van der Waals surface area contributed by atoms with E-state index in [9.17, 15) is 0 Å². The van der Waals surface area contributed by atoms with Gasteiger partial charge in [-0.1, -0.05) is 103 Å². The molecule has 0 unspecified atom stereocenters. The first-order valence-electron chi connectivity index (χ1n) is 7.97. The molecule has 0 spiro atoms. The van der Waals surface area contributed by atoms with Gasteiger partial charge in [-0.15, -0.1) is 0 Å². The lowest BCUT2D eigenvalue weighted by Gasteiger charge is -2.01. The van der Waals surface area contributed by atoms with E-state index in [2.05, 4.69) is 48.3 Å². The summed E-state index contributed by atoms with van der Waals surface area (Å²) in [5.74, 6) is 6.36. The Bertz CT molecular complexity index is 874. The van der Waals surface area contributed by atoms with E-state index in [-0.39, 0.29) is 0 Å². The molecule has 3 aromatic carbocycles. The van der Waals surface area contributed by atoms with Gasteiger partial charge in [0.2, 0.25) is 0 Å². The largest absolute Gasteiger partial charge is 0.0690 e. The van der Waals surface area contributed by atoms with Crippen molar-refractivity contribution in [1.82, 2.24) is 0 Å². The third kappa shape index (κ3) is 4.60. The Morgan fingerprint density at radius 3 is 1.92 bits per heavy atom. The van der Waals surface area contributed by atoms with E-state index in [1.54, 1.807) is 0 Å². The van der Waals surface area contributed by atoms with Crippen molar-refractivity contribution in [2.75, 3.05) is 0 Å². The van der Waals surface area contributed by atoms with E-state index in [1.165, 1.54) is 5.56 Å². The summed E-state index contributed by atoms with van der Waals surface area (Å²) in [5, 5.41) is 0. The second-order valence-corrected chi connectivity index (χ2v) is 5.35. The second kappa shape index (κ2) is 8.36. The fraction of sp³-hybridized carbons (Fsp3) is 0. The second-order valence-electron chi connectivity index (χ2n) is 5.35. The van der Waals surface area contributed by atoms with Crippen molar-refractivity contribution < 1.29 is 0 Å². The Morgan fingerprint density at radius 1 is 0.667 bits per heavy atom. The highest BCUT2D eigenvalue weighted by Gasteiger charge is 1.96. The molecule has 0 radical (unpaired) electrons. The Hall–Kier alpha value is -3.30. The summed E-state index contributed by atoms with van der Waals surface area (Å²) in [7, 11) is 0. The summed E-state index contributed by atoms with van der Waals surface area (Å²) in [6, 6.07) is 30.7. The SMILES string of the molecule is C(#Cc1ccccc1)/C=C(\C=C\c1ccccc1)c1ccccc1. The fourth-order valence-corrected chi connectivity index (χ4v) is 2.33. The zero-order chi connectivity index (χ0) is 16.5. The summed E-state index contributed by atoms with van der Waals surface area (Å²) in [6.07, 6.45) is 6.20. The molecular weight excluding hydrogens is 288 g/mol. The summed E-state index contributed by atoms with van der Waals surface area (Å²) in [6.45, 7) is 0. The van der Waals surface area contributed by atoms with Gasteiger partial charge in [0.25, 0.3) is 0 Å². The van der Waals surface area contributed by atoms with Crippen LogP contribution in [-0.4, -0.2) is 0 Å². The van der Waals surface area contributed by atoms with Gasteiger partial charge in [0.1, 0.15) is 0 Å². The van der Waals surface area contributed by atoms with Crippen molar-refractivity contribution >= 4 is 11.6 Å². The highest BCUT2D eigenvalue weighted by molar-refractivity contribution is 5.80. The number of rotatable bonds is 3. The van der Waals surface area contributed by atoms with Crippen molar-refractivity contribution in [2.45, 2.75) is 0 Å². The lowest BCUT2D eigenvalue weighted by atomic mass is 10.0. The Morgan fingerprint density at radius 2 is 1.25 bits per heavy atom. The van der Waals surface area contributed by atoms with E-state index in [0.29, 0.717) is 0 Å². The molecule has 0 aliphatic rings. The monoisotopic (exact) mass is 306 g/mol. The van der Waals surface area contributed by atoms with Crippen molar-refractivity contribution in [3.63, 3.8) is 0 Å². The molecule has 0 saturated heterocycles. The molecular formula is C24H18. The molecule has 0 aromatic heterocycles. The van der Waals surface area contributed by atoms with Gasteiger partial charge in [0.05, 0.1) is 0 Å². The molecule has 3 aromatic rings. The smallest absolute Gasteiger partial charge is 0.0248 e. The molecule has 0 fully saturated rings. The van der Waals surface area contributed by atoms with Gasteiger partial charge in [0, 0.05) is 5.56 Å². The molecule has 0 heterocycles. The van der Waals surface area contributed by atoms with Crippen LogP contribution in [0.2, 0.25) is 0 Å². The Balaban J connectivity index is 1.90. The van der Waals surface area contributed by atoms with Crippen molar-refractivity contribution in [3.8, 4) is 11.8 Å². The van der Waals surface area contributed by atoms with Crippen LogP contribution in [-0.2, 0) is 0 Å². The third-order valence-corrected chi connectivity index (χ3v) is 3.58. The predicted molar refractivity (Wildman–Crippen MR) is 103 cm³/mol. The molecule has 0 atom stereocenters. The molecule has 0 amide bonds. The first kappa shape index (κ1) is 15.6. The summed E-state index contributed by atoms with van der Waals surface area (Å²) >= 11 is 0. The molecule has 0 nitrogen and oxygen atoms in total. The lowest BCUT2D eigenvalue weighted by molar-refractivity contribution is 1.62. The van der Waals surface area contributed by atoms with Crippen LogP contribution in [0, 0.1) is 11.8 Å². The quantitative estimate of drug-likeness (QED) is 0.421. The fourth-order valence-electron chi connectivity index (χ4n) is 2.33. The maximum Gasteiger partial charge on any atom is 0.0248 e. The number of hydrogen-bond donors (Lipinski definition) is 0. The number of hydrogen-bond acceptors (Lipinski definition) is 0. The van der Waals surface area contributed by atoms with Crippen LogP contribution in [0.1, 0.15) is 16.7 Å². The van der Waals surface area contributed by atoms with Crippen LogP contribution >= 0.6 is 0 Å². The first-order valence-corrected chi connectivity index (χ1v) is 7.97. The van der Waals surface area contributed by atoms with Gasteiger partial charge in [-0.05, 0) is 34.9 Å². The standard InChI is InChI=1S/C24H18/c1-4-11-21(12-5-1)15-10-18-24(23-16-8-3-9-17-23)20-19-22-13-6-2-7-14-22/h1-9,11-14,16-20H/b20-19+,24-18+. The Kier molecular flexibility index (Phi) is 5.43.